The van der Waals surface area contributed by atoms with Crippen LogP contribution in [0.15, 0.2) is 18.3 Å². The summed E-state index contributed by atoms with van der Waals surface area (Å²) in [5.74, 6) is -0.267. The topological polar surface area (TPSA) is 24.9 Å². The molecule has 1 aliphatic carbocycles. The van der Waals surface area contributed by atoms with Gasteiger partial charge in [0.15, 0.2) is 0 Å². The number of hydrogen-bond donors (Lipinski definition) is 1. The van der Waals surface area contributed by atoms with E-state index in [0.29, 0.717) is 11.5 Å². The van der Waals surface area contributed by atoms with Crippen LogP contribution in [0.25, 0.3) is 0 Å². The van der Waals surface area contributed by atoms with Crippen molar-refractivity contribution in [1.82, 2.24) is 10.3 Å². The molecule has 1 aromatic rings. The summed E-state index contributed by atoms with van der Waals surface area (Å²) in [6.45, 7) is 6.84. The minimum Gasteiger partial charge on any atom is -0.305 e. The highest BCUT2D eigenvalue weighted by molar-refractivity contribution is 5.10. The van der Waals surface area contributed by atoms with Crippen molar-refractivity contribution < 1.29 is 4.39 Å². The summed E-state index contributed by atoms with van der Waals surface area (Å²) in [4.78, 5) is 4.23. The first-order chi connectivity index (χ1) is 9.03. The fourth-order valence-corrected chi connectivity index (χ4v) is 3.05. The second kappa shape index (κ2) is 6.00. The fraction of sp³-hybridized carbons (Fsp3) is 0.688. The molecule has 0 aromatic carbocycles. The van der Waals surface area contributed by atoms with Gasteiger partial charge in [0.05, 0.1) is 11.9 Å². The van der Waals surface area contributed by atoms with Gasteiger partial charge < -0.3 is 5.32 Å². The fourth-order valence-electron chi connectivity index (χ4n) is 3.05. The molecule has 106 valence electrons. The molecule has 1 saturated carbocycles. The lowest BCUT2D eigenvalue weighted by molar-refractivity contribution is 0.153. The number of aromatic nitrogens is 1. The molecule has 1 fully saturated rings. The van der Waals surface area contributed by atoms with Gasteiger partial charge in [0.1, 0.15) is 5.82 Å². The summed E-state index contributed by atoms with van der Waals surface area (Å²) >= 11 is 0. The number of nitrogens with zero attached hydrogens (tertiary/aromatic N) is 1. The first-order valence-electron chi connectivity index (χ1n) is 7.40. The third-order valence-electron chi connectivity index (χ3n) is 4.43. The first-order valence-corrected chi connectivity index (χ1v) is 7.40. The maximum atomic E-state index is 13.0. The number of pyridine rings is 1. The lowest BCUT2D eigenvalue weighted by Gasteiger charge is -2.41. The molecule has 2 rings (SSSR count). The molecule has 0 amide bonds. The average Bonchev–Trinajstić information content (AvgIpc) is 2.38. The predicted octanol–water partition coefficient (Wildman–Crippen LogP) is 4.23. The Balaban J connectivity index is 2.08. The zero-order valence-corrected chi connectivity index (χ0v) is 12.2. The Morgan fingerprint density at radius 3 is 2.79 bits per heavy atom. The molecule has 3 heteroatoms. The molecule has 1 heterocycles. The molecule has 2 unspecified atom stereocenters. The van der Waals surface area contributed by atoms with Crippen LogP contribution in [0.4, 0.5) is 4.39 Å². The van der Waals surface area contributed by atoms with Crippen LogP contribution in [0.2, 0.25) is 0 Å². The van der Waals surface area contributed by atoms with Crippen molar-refractivity contribution in [2.45, 2.75) is 65.0 Å². The maximum Gasteiger partial charge on any atom is 0.141 e. The lowest BCUT2D eigenvalue weighted by atomic mass is 9.73. The second-order valence-corrected chi connectivity index (χ2v) is 6.32. The molecule has 19 heavy (non-hydrogen) atoms. The van der Waals surface area contributed by atoms with Crippen molar-refractivity contribution in [2.75, 3.05) is 0 Å². The van der Waals surface area contributed by atoms with Crippen molar-refractivity contribution in [3.8, 4) is 0 Å². The Bertz CT molecular complexity index is 400. The van der Waals surface area contributed by atoms with Crippen LogP contribution in [-0.4, -0.2) is 11.0 Å². The van der Waals surface area contributed by atoms with E-state index in [4.69, 9.17) is 0 Å². The Hall–Kier alpha value is -0.960. The normalized spacial score (nSPS) is 24.1. The van der Waals surface area contributed by atoms with Crippen LogP contribution >= 0.6 is 0 Å². The summed E-state index contributed by atoms with van der Waals surface area (Å²) < 4.78 is 13.0. The smallest absolute Gasteiger partial charge is 0.141 e. The summed E-state index contributed by atoms with van der Waals surface area (Å²) in [5, 5.41) is 3.75. The molecular weight excluding hydrogens is 239 g/mol. The number of halogens is 1. The largest absolute Gasteiger partial charge is 0.305 e. The Morgan fingerprint density at radius 1 is 1.42 bits per heavy atom. The standard InChI is InChI=1S/C16H25FN2/c1-4-13(14-9-8-12(17)11-18-14)19-15-7-5-6-10-16(15,2)3/h8-9,11,13,15,19H,4-7,10H2,1-3H3. The maximum absolute atomic E-state index is 13.0. The molecule has 0 radical (unpaired) electrons. The van der Waals surface area contributed by atoms with Gasteiger partial charge in [-0.05, 0) is 36.8 Å². The molecule has 0 aliphatic heterocycles. The van der Waals surface area contributed by atoms with Crippen LogP contribution in [0.3, 0.4) is 0 Å². The van der Waals surface area contributed by atoms with E-state index >= 15 is 0 Å². The summed E-state index contributed by atoms with van der Waals surface area (Å²) in [6.07, 6.45) is 7.42. The third kappa shape index (κ3) is 3.53. The Labute approximate surface area is 115 Å². The summed E-state index contributed by atoms with van der Waals surface area (Å²) in [6, 6.07) is 4.05. The molecule has 0 spiro atoms. The average molecular weight is 264 g/mol. The molecule has 1 N–H and O–H groups in total. The van der Waals surface area contributed by atoms with Crippen molar-refractivity contribution in [3.63, 3.8) is 0 Å². The Kier molecular flexibility index (Phi) is 4.56. The van der Waals surface area contributed by atoms with Gasteiger partial charge in [-0.15, -0.1) is 0 Å². The molecular formula is C16H25FN2. The van der Waals surface area contributed by atoms with Gasteiger partial charge in [-0.25, -0.2) is 4.39 Å². The van der Waals surface area contributed by atoms with Crippen molar-refractivity contribution in [1.29, 1.82) is 0 Å². The molecule has 2 nitrogen and oxygen atoms in total. The van der Waals surface area contributed by atoms with Gasteiger partial charge in [0, 0.05) is 12.1 Å². The second-order valence-electron chi connectivity index (χ2n) is 6.32. The van der Waals surface area contributed by atoms with Crippen molar-refractivity contribution in [3.05, 3.63) is 29.8 Å². The number of hydrogen-bond acceptors (Lipinski definition) is 2. The minimum atomic E-state index is -0.267. The van der Waals surface area contributed by atoms with Gasteiger partial charge in [-0.2, -0.15) is 0 Å². The quantitative estimate of drug-likeness (QED) is 0.880. The van der Waals surface area contributed by atoms with E-state index in [1.54, 1.807) is 6.07 Å². The first kappa shape index (κ1) is 14.4. The van der Waals surface area contributed by atoms with Crippen LogP contribution in [0.1, 0.15) is 64.6 Å². The van der Waals surface area contributed by atoms with E-state index in [-0.39, 0.29) is 11.9 Å². The van der Waals surface area contributed by atoms with Gasteiger partial charge in [-0.1, -0.05) is 33.6 Å². The minimum absolute atomic E-state index is 0.225. The van der Waals surface area contributed by atoms with E-state index in [2.05, 4.69) is 31.1 Å². The highest BCUT2D eigenvalue weighted by Crippen LogP contribution is 2.36. The third-order valence-corrected chi connectivity index (χ3v) is 4.43. The summed E-state index contributed by atoms with van der Waals surface area (Å²) in [5.41, 5.74) is 1.29. The zero-order chi connectivity index (χ0) is 13.9. The van der Waals surface area contributed by atoms with Gasteiger partial charge in [0.25, 0.3) is 0 Å². The monoisotopic (exact) mass is 264 g/mol. The highest BCUT2D eigenvalue weighted by atomic mass is 19.1. The van der Waals surface area contributed by atoms with E-state index < -0.39 is 0 Å². The molecule has 1 aromatic heterocycles. The Morgan fingerprint density at radius 2 is 2.21 bits per heavy atom. The molecule has 0 saturated heterocycles. The number of rotatable bonds is 4. The summed E-state index contributed by atoms with van der Waals surface area (Å²) in [7, 11) is 0. The molecule has 1 aliphatic rings. The highest BCUT2D eigenvalue weighted by Gasteiger charge is 2.33. The molecule has 0 bridgehead atoms. The van der Waals surface area contributed by atoms with E-state index in [9.17, 15) is 4.39 Å². The van der Waals surface area contributed by atoms with Gasteiger partial charge in [0.2, 0.25) is 0 Å². The van der Waals surface area contributed by atoms with Gasteiger partial charge in [-0.3, -0.25) is 4.98 Å². The van der Waals surface area contributed by atoms with E-state index in [1.807, 2.05) is 0 Å². The van der Waals surface area contributed by atoms with Crippen molar-refractivity contribution >= 4 is 0 Å². The van der Waals surface area contributed by atoms with E-state index in [0.717, 1.165) is 12.1 Å². The zero-order valence-electron chi connectivity index (χ0n) is 12.2. The van der Waals surface area contributed by atoms with Crippen LogP contribution in [0, 0.1) is 11.2 Å². The lowest BCUT2D eigenvalue weighted by Crippen LogP contribution is -2.45. The van der Waals surface area contributed by atoms with Crippen LogP contribution in [0.5, 0.6) is 0 Å². The van der Waals surface area contributed by atoms with Crippen LogP contribution in [-0.2, 0) is 0 Å². The SMILES string of the molecule is CCC(NC1CCCCC1(C)C)c1ccc(F)cn1. The van der Waals surface area contributed by atoms with Crippen molar-refractivity contribution in [2.24, 2.45) is 5.41 Å². The predicted molar refractivity (Wildman–Crippen MR) is 76.4 cm³/mol. The number of nitrogens with one attached hydrogen (secondary N) is 1. The van der Waals surface area contributed by atoms with Gasteiger partial charge >= 0.3 is 0 Å². The van der Waals surface area contributed by atoms with Crippen LogP contribution < -0.4 is 5.32 Å². The molecule has 2 atom stereocenters. The van der Waals surface area contributed by atoms with E-state index in [1.165, 1.54) is 37.9 Å².